The summed E-state index contributed by atoms with van der Waals surface area (Å²) in [5, 5.41) is 21.7. The number of aliphatic hydroxyl groups is 1. The van der Waals surface area contributed by atoms with Crippen LogP contribution in [0.1, 0.15) is 51.4 Å². The summed E-state index contributed by atoms with van der Waals surface area (Å²) in [6, 6.07) is 15.6. The Balaban J connectivity index is 1.04. The van der Waals surface area contributed by atoms with Gasteiger partial charge in [0, 0.05) is 36.2 Å². The van der Waals surface area contributed by atoms with Gasteiger partial charge in [-0.15, -0.1) is 0 Å². The number of hydrogen-bond acceptors (Lipinski definition) is 10. The van der Waals surface area contributed by atoms with Crippen molar-refractivity contribution in [1.82, 2.24) is 10.0 Å². The second-order valence-electron chi connectivity index (χ2n) is 12.0. The van der Waals surface area contributed by atoms with Gasteiger partial charge in [0.1, 0.15) is 22.9 Å². The molecule has 4 N–H and O–H groups in total. The fourth-order valence-corrected chi connectivity index (χ4v) is 6.61. The van der Waals surface area contributed by atoms with Crippen molar-refractivity contribution in [2.75, 3.05) is 46.6 Å². The Bertz CT molecular complexity index is 2040. The van der Waals surface area contributed by atoms with E-state index in [1.165, 1.54) is 43.4 Å². The summed E-state index contributed by atoms with van der Waals surface area (Å²) in [4.78, 5) is 34.8. The van der Waals surface area contributed by atoms with E-state index < -0.39 is 33.4 Å². The van der Waals surface area contributed by atoms with Gasteiger partial charge in [0.25, 0.3) is 11.7 Å². The molecule has 0 bridgehead atoms. The number of furan rings is 1. The van der Waals surface area contributed by atoms with Gasteiger partial charge in [-0.1, -0.05) is 24.3 Å². The molecule has 15 heteroatoms. The molecule has 1 aliphatic carbocycles. The third-order valence-corrected chi connectivity index (χ3v) is 9.52. The van der Waals surface area contributed by atoms with E-state index in [4.69, 9.17) is 23.7 Å². The summed E-state index contributed by atoms with van der Waals surface area (Å²) in [6.07, 6.45) is 2.46. The average Bonchev–Trinajstić information content (AvgIpc) is 3.90. The lowest BCUT2D eigenvalue weighted by atomic mass is 9.98. The third kappa shape index (κ3) is 10.3. The van der Waals surface area contributed by atoms with E-state index in [-0.39, 0.29) is 56.3 Å². The molecule has 0 atom stereocenters. The number of amides is 1. The number of carbonyl (C=O) groups excluding carboxylic acids is 2. The first kappa shape index (κ1) is 38.3. The van der Waals surface area contributed by atoms with Gasteiger partial charge in [-0.05, 0) is 71.8 Å². The van der Waals surface area contributed by atoms with Crippen LogP contribution in [0.4, 0.5) is 4.39 Å². The molecule has 276 valence electrons. The van der Waals surface area contributed by atoms with E-state index in [0.29, 0.717) is 52.5 Å². The Morgan fingerprint density at radius 2 is 1.58 bits per heavy atom. The standard InChI is InChI=1S/C37H39FN2O11S/c1-39-36(43)34-30-19-29(24-6-7-24)27(18-33(30)51-35(34)26-8-10-28(38)11-9-26)22-52(46,47)40-12-13-48-14-15-49-16-17-50-21-23-2-4-25(5-3-23)31(41)20-32(42)37(44)45/h2-5,8-11,18-20,24,40-41H,6-7,12-17,21-22H2,1H3,(H,39,43)(H,44,45)/b31-20-. The number of carbonyl (C=O) groups is 3. The Morgan fingerprint density at radius 3 is 2.21 bits per heavy atom. The van der Waals surface area contributed by atoms with Crippen molar-refractivity contribution < 1.29 is 56.0 Å². The van der Waals surface area contributed by atoms with Gasteiger partial charge >= 0.3 is 5.97 Å². The number of aliphatic carboxylic acids is 1. The highest BCUT2D eigenvalue weighted by atomic mass is 32.2. The zero-order valence-electron chi connectivity index (χ0n) is 28.4. The Labute approximate surface area is 299 Å². The van der Waals surface area contributed by atoms with Crippen molar-refractivity contribution in [3.8, 4) is 11.3 Å². The van der Waals surface area contributed by atoms with Crippen molar-refractivity contribution >= 4 is 44.4 Å². The van der Waals surface area contributed by atoms with Crippen molar-refractivity contribution in [1.29, 1.82) is 0 Å². The highest BCUT2D eigenvalue weighted by Crippen LogP contribution is 2.45. The number of carboxylic acid groups (broad SMARTS) is 1. The van der Waals surface area contributed by atoms with Crippen LogP contribution in [-0.2, 0) is 46.2 Å². The molecule has 1 saturated carbocycles. The van der Waals surface area contributed by atoms with Crippen LogP contribution in [0, 0.1) is 5.82 Å². The van der Waals surface area contributed by atoms with Crippen molar-refractivity contribution in [3.63, 3.8) is 0 Å². The van der Waals surface area contributed by atoms with E-state index in [9.17, 15) is 32.3 Å². The van der Waals surface area contributed by atoms with Gasteiger partial charge < -0.3 is 34.2 Å². The summed E-state index contributed by atoms with van der Waals surface area (Å²) in [7, 11) is -2.24. The summed E-state index contributed by atoms with van der Waals surface area (Å²) in [5.41, 5.74) is 3.72. The first-order valence-corrected chi connectivity index (χ1v) is 18.2. The molecule has 1 amide bonds. The van der Waals surface area contributed by atoms with E-state index in [1.807, 2.05) is 6.07 Å². The van der Waals surface area contributed by atoms with Gasteiger partial charge in [-0.25, -0.2) is 22.3 Å². The zero-order valence-corrected chi connectivity index (χ0v) is 29.2. The maximum atomic E-state index is 13.6. The molecular formula is C37H39FN2O11S. The van der Waals surface area contributed by atoms with Crippen LogP contribution in [0.3, 0.4) is 0 Å². The van der Waals surface area contributed by atoms with Gasteiger partial charge in [0.05, 0.1) is 51.0 Å². The molecular weight excluding hydrogens is 699 g/mol. The van der Waals surface area contributed by atoms with Crippen LogP contribution < -0.4 is 10.0 Å². The minimum Gasteiger partial charge on any atom is -0.507 e. The fourth-order valence-electron chi connectivity index (χ4n) is 5.45. The van der Waals surface area contributed by atoms with Gasteiger partial charge in [0.2, 0.25) is 10.0 Å². The molecule has 13 nitrogen and oxygen atoms in total. The molecule has 0 unspecified atom stereocenters. The minimum absolute atomic E-state index is 0.0605. The first-order chi connectivity index (χ1) is 25.0. The maximum absolute atomic E-state index is 13.6. The first-order valence-electron chi connectivity index (χ1n) is 16.5. The smallest absolute Gasteiger partial charge is 0.376 e. The quantitative estimate of drug-likeness (QED) is 0.0426. The van der Waals surface area contributed by atoms with E-state index in [0.717, 1.165) is 24.0 Å². The highest BCUT2D eigenvalue weighted by Gasteiger charge is 2.31. The molecule has 0 radical (unpaired) electrons. The largest absolute Gasteiger partial charge is 0.507 e. The summed E-state index contributed by atoms with van der Waals surface area (Å²) in [5.74, 6) is -3.94. The van der Waals surface area contributed by atoms with Crippen LogP contribution in [0.2, 0.25) is 0 Å². The van der Waals surface area contributed by atoms with Crippen molar-refractivity contribution in [2.24, 2.45) is 0 Å². The topological polar surface area (TPSA) is 191 Å². The van der Waals surface area contributed by atoms with E-state index in [2.05, 4.69) is 10.0 Å². The molecule has 4 aromatic rings. The maximum Gasteiger partial charge on any atom is 0.376 e. The fraction of sp³-hybridized carbons (Fsp3) is 0.324. The number of benzene rings is 3. The molecule has 5 rings (SSSR count). The van der Waals surface area contributed by atoms with Crippen LogP contribution in [0.25, 0.3) is 28.1 Å². The SMILES string of the molecule is CNC(=O)c1c(-c2ccc(F)cc2)oc2cc(CS(=O)(=O)NCCOCCOCCOCc3ccc(/C(O)=C/C(=O)C(=O)O)cc3)c(C3CC3)cc12. The van der Waals surface area contributed by atoms with Crippen LogP contribution in [0.15, 0.2) is 71.2 Å². The number of ketones is 1. The normalized spacial score (nSPS) is 13.4. The zero-order chi connectivity index (χ0) is 37.3. The second-order valence-corrected chi connectivity index (χ2v) is 13.8. The average molecular weight is 739 g/mol. The lowest BCUT2D eigenvalue weighted by molar-refractivity contribution is -0.146. The number of hydrogen-bond donors (Lipinski definition) is 4. The Kier molecular flexibility index (Phi) is 12.9. The molecule has 0 spiro atoms. The number of ether oxygens (including phenoxy) is 3. The Morgan fingerprint density at radius 1 is 0.923 bits per heavy atom. The van der Waals surface area contributed by atoms with E-state index in [1.54, 1.807) is 18.2 Å². The third-order valence-electron chi connectivity index (χ3n) is 8.18. The minimum atomic E-state index is -3.75. The molecule has 3 aromatic carbocycles. The number of nitrogens with one attached hydrogen (secondary N) is 2. The lowest BCUT2D eigenvalue weighted by Gasteiger charge is -2.12. The molecule has 1 aromatic heterocycles. The monoisotopic (exact) mass is 738 g/mol. The predicted molar refractivity (Wildman–Crippen MR) is 189 cm³/mol. The van der Waals surface area contributed by atoms with Crippen LogP contribution >= 0.6 is 0 Å². The van der Waals surface area contributed by atoms with E-state index >= 15 is 0 Å². The molecule has 52 heavy (non-hydrogen) atoms. The van der Waals surface area contributed by atoms with Gasteiger partial charge in [0.15, 0.2) is 0 Å². The van der Waals surface area contributed by atoms with Gasteiger partial charge in [-0.3, -0.25) is 9.59 Å². The number of fused-ring (bicyclic) bond motifs is 1. The summed E-state index contributed by atoms with van der Waals surface area (Å²) >= 11 is 0. The number of sulfonamides is 1. The van der Waals surface area contributed by atoms with Crippen molar-refractivity contribution in [3.05, 3.63) is 100 Å². The molecule has 0 saturated heterocycles. The van der Waals surface area contributed by atoms with Crippen LogP contribution in [-0.4, -0.2) is 82.9 Å². The number of rotatable bonds is 20. The highest BCUT2D eigenvalue weighted by molar-refractivity contribution is 7.88. The molecule has 1 heterocycles. The molecule has 1 fully saturated rings. The van der Waals surface area contributed by atoms with Crippen LogP contribution in [0.5, 0.6) is 0 Å². The summed E-state index contributed by atoms with van der Waals surface area (Å²) in [6.45, 7) is 1.58. The molecule has 1 aliphatic rings. The second kappa shape index (κ2) is 17.5. The number of aliphatic hydroxyl groups excluding tert-OH is 1. The summed E-state index contributed by atoms with van der Waals surface area (Å²) < 4.78 is 65.0. The van der Waals surface area contributed by atoms with Crippen molar-refractivity contribution in [2.45, 2.75) is 31.1 Å². The number of halogens is 1. The molecule has 0 aliphatic heterocycles. The Hall–Kier alpha value is -4.93. The number of carboxylic acids is 1. The van der Waals surface area contributed by atoms with Gasteiger partial charge in [-0.2, -0.15) is 0 Å². The predicted octanol–water partition coefficient (Wildman–Crippen LogP) is 4.70. The lowest BCUT2D eigenvalue weighted by Crippen LogP contribution is -2.29.